The van der Waals surface area contributed by atoms with E-state index >= 15 is 4.39 Å². The second kappa shape index (κ2) is 11.6. The molecule has 0 radical (unpaired) electrons. The van der Waals surface area contributed by atoms with Gasteiger partial charge in [0.05, 0.1) is 0 Å². The Morgan fingerprint density at radius 3 is 1.50 bits per heavy atom. The average Bonchev–Trinajstić information content (AvgIpc) is 2.88. The van der Waals surface area contributed by atoms with E-state index in [0.29, 0.717) is 19.4 Å². The van der Waals surface area contributed by atoms with Crippen molar-refractivity contribution >= 4 is 24.8 Å². The van der Waals surface area contributed by atoms with Gasteiger partial charge in [-0.15, -0.1) is 0 Å². The third-order valence-corrected chi connectivity index (χ3v) is 16.7. The molecular formula is C29H25F3O3Sn. The van der Waals surface area contributed by atoms with Crippen LogP contribution in [-0.4, -0.2) is 31.9 Å². The van der Waals surface area contributed by atoms with E-state index in [2.05, 4.69) is 4.74 Å². The standard InChI is InChI=1S/C8H5F3O3.3C7H7.Sn/c1-14-7-5(10)3(8(12)13)2-4(9)6(7)11;3*1-7-5-3-2-4-6-7;/h2H,1H3,(H,12,13);3*2-6H,1H2;/q;;;;+1/p-1. The second-order valence-electron chi connectivity index (χ2n) is 8.63. The molecule has 0 aromatic heterocycles. The molecule has 0 amide bonds. The van der Waals surface area contributed by atoms with E-state index < -0.39 is 53.5 Å². The Morgan fingerprint density at radius 1 is 0.694 bits per heavy atom. The van der Waals surface area contributed by atoms with Gasteiger partial charge in [-0.1, -0.05) is 0 Å². The number of hydrogen-bond acceptors (Lipinski definition) is 3. The molecule has 36 heavy (non-hydrogen) atoms. The van der Waals surface area contributed by atoms with Crippen LogP contribution in [0, 0.1) is 17.5 Å². The van der Waals surface area contributed by atoms with Crippen molar-refractivity contribution in [2.24, 2.45) is 0 Å². The zero-order valence-corrected chi connectivity index (χ0v) is 22.6. The normalized spacial score (nSPS) is 11.2. The number of methoxy groups -OCH3 is 1. The summed E-state index contributed by atoms with van der Waals surface area (Å²) in [5.41, 5.74) is 2.31. The Bertz CT molecular complexity index is 1210. The van der Waals surface area contributed by atoms with Crippen LogP contribution in [0.25, 0.3) is 0 Å². The second-order valence-corrected chi connectivity index (χ2v) is 19.0. The molecular weight excluding hydrogens is 572 g/mol. The van der Waals surface area contributed by atoms with Gasteiger partial charge in [0.2, 0.25) is 0 Å². The third-order valence-electron chi connectivity index (χ3n) is 5.96. The molecule has 0 N–H and O–H groups in total. The Balaban J connectivity index is 1.81. The zero-order valence-electron chi connectivity index (χ0n) is 19.7. The van der Waals surface area contributed by atoms with Crippen LogP contribution in [-0.2, 0) is 16.4 Å². The topological polar surface area (TPSA) is 35.5 Å². The first-order valence-corrected chi connectivity index (χ1v) is 18.7. The maximum absolute atomic E-state index is 15.0. The summed E-state index contributed by atoms with van der Waals surface area (Å²) in [4.78, 5) is 13.4. The fourth-order valence-electron chi connectivity index (χ4n) is 4.36. The van der Waals surface area contributed by atoms with Gasteiger partial charge < -0.3 is 0 Å². The van der Waals surface area contributed by atoms with Crippen LogP contribution in [0.4, 0.5) is 13.2 Å². The van der Waals surface area contributed by atoms with Gasteiger partial charge in [0.15, 0.2) is 0 Å². The van der Waals surface area contributed by atoms with Crippen molar-refractivity contribution in [3.63, 3.8) is 0 Å². The Labute approximate surface area is 212 Å². The monoisotopic (exact) mass is 598 g/mol. The molecule has 7 heteroatoms. The van der Waals surface area contributed by atoms with Crippen molar-refractivity contribution in [1.29, 1.82) is 0 Å². The van der Waals surface area contributed by atoms with Gasteiger partial charge in [0.25, 0.3) is 0 Å². The first kappa shape index (κ1) is 25.8. The van der Waals surface area contributed by atoms with Crippen molar-refractivity contribution in [2.45, 2.75) is 13.3 Å². The fraction of sp³-hybridized carbons (Fsp3) is 0.138. The minimum absolute atomic E-state index is 0.521. The van der Waals surface area contributed by atoms with Crippen molar-refractivity contribution < 1.29 is 25.8 Å². The summed E-state index contributed by atoms with van der Waals surface area (Å²) in [6.07, 6.45) is 0. The van der Waals surface area contributed by atoms with E-state index in [4.69, 9.17) is 3.07 Å². The quantitative estimate of drug-likeness (QED) is 0.162. The number of carbonyl (C=O) groups is 1. The van der Waals surface area contributed by atoms with E-state index in [-0.39, 0.29) is 0 Å². The molecule has 0 spiro atoms. The van der Waals surface area contributed by atoms with Crippen LogP contribution in [0.2, 0.25) is 0 Å². The molecule has 4 aromatic carbocycles. The van der Waals surface area contributed by atoms with E-state index in [1.807, 2.05) is 91.0 Å². The summed E-state index contributed by atoms with van der Waals surface area (Å²) in [6, 6.07) is 29.6. The first-order chi connectivity index (χ1) is 17.4. The Kier molecular flexibility index (Phi) is 8.35. The summed E-state index contributed by atoms with van der Waals surface area (Å²) in [5, 5.41) is 0. The summed E-state index contributed by atoms with van der Waals surface area (Å²) >= 11 is -4.12. The Hall–Kier alpha value is -3.26. The molecule has 184 valence electrons. The van der Waals surface area contributed by atoms with E-state index in [1.165, 1.54) is 0 Å². The zero-order chi connectivity index (χ0) is 25.5. The van der Waals surface area contributed by atoms with Gasteiger partial charge in [-0.3, -0.25) is 0 Å². The summed E-state index contributed by atoms with van der Waals surface area (Å²) in [7, 11) is 1.01. The summed E-state index contributed by atoms with van der Waals surface area (Å²) in [5.74, 6) is -6.10. The number of benzene rings is 4. The molecule has 0 unspecified atom stereocenters. The average molecular weight is 597 g/mol. The minimum atomic E-state index is -4.12. The molecule has 0 aliphatic rings. The van der Waals surface area contributed by atoms with Crippen molar-refractivity contribution in [3.05, 3.63) is 137 Å². The van der Waals surface area contributed by atoms with Crippen molar-refractivity contribution in [3.8, 4) is 5.75 Å². The predicted molar refractivity (Wildman–Crippen MR) is 134 cm³/mol. The number of carbonyl (C=O) groups excluding carboxylic acids is 1. The first-order valence-electron chi connectivity index (χ1n) is 11.5. The van der Waals surface area contributed by atoms with E-state index in [9.17, 15) is 13.6 Å². The summed E-state index contributed by atoms with van der Waals surface area (Å²) < 4.78 is 55.8. The van der Waals surface area contributed by atoms with Crippen LogP contribution in [0.1, 0.15) is 27.0 Å². The van der Waals surface area contributed by atoms with E-state index in [1.54, 1.807) is 0 Å². The van der Waals surface area contributed by atoms with Crippen LogP contribution in [0.3, 0.4) is 0 Å². The number of ether oxygens (including phenoxy) is 1. The third kappa shape index (κ3) is 6.10. The van der Waals surface area contributed by atoms with E-state index in [0.717, 1.165) is 23.8 Å². The molecule has 4 aromatic rings. The molecule has 0 bridgehead atoms. The van der Waals surface area contributed by atoms with Crippen LogP contribution in [0.5, 0.6) is 5.75 Å². The molecule has 0 atom stereocenters. The molecule has 0 aliphatic carbocycles. The van der Waals surface area contributed by atoms with Gasteiger partial charge in [0.1, 0.15) is 0 Å². The number of hydrogen-bond donors (Lipinski definition) is 0. The van der Waals surface area contributed by atoms with Gasteiger partial charge in [-0.05, 0) is 0 Å². The van der Waals surface area contributed by atoms with Gasteiger partial charge in [-0.2, -0.15) is 0 Å². The van der Waals surface area contributed by atoms with Crippen molar-refractivity contribution in [1.82, 2.24) is 0 Å². The van der Waals surface area contributed by atoms with Gasteiger partial charge in [0, 0.05) is 0 Å². The van der Waals surface area contributed by atoms with Gasteiger partial charge >= 0.3 is 213 Å². The predicted octanol–water partition coefficient (Wildman–Crippen LogP) is 6.56. The summed E-state index contributed by atoms with van der Waals surface area (Å²) in [6.45, 7) is 0. The van der Waals surface area contributed by atoms with Gasteiger partial charge in [-0.25, -0.2) is 0 Å². The molecule has 0 saturated heterocycles. The molecule has 3 nitrogen and oxygen atoms in total. The molecule has 4 rings (SSSR count). The fourth-order valence-corrected chi connectivity index (χ4v) is 15.9. The van der Waals surface area contributed by atoms with Crippen LogP contribution in [0.15, 0.2) is 97.1 Å². The number of rotatable bonds is 9. The van der Waals surface area contributed by atoms with Crippen LogP contribution >= 0.6 is 0 Å². The molecule has 0 saturated carbocycles. The molecule has 0 heterocycles. The molecule has 0 aliphatic heterocycles. The maximum atomic E-state index is 15.0. The van der Waals surface area contributed by atoms with Crippen molar-refractivity contribution in [2.75, 3.05) is 7.11 Å². The number of halogens is 3. The Morgan fingerprint density at radius 2 is 1.11 bits per heavy atom. The SMILES string of the molecule is COc1c(F)c(F)cc(C(=O)[O][Sn]([CH2]c2ccccc2)([CH2]c2ccccc2)[CH2]c2ccccc2)c1F. The molecule has 0 fully saturated rings. The van der Waals surface area contributed by atoms with Crippen LogP contribution < -0.4 is 4.74 Å².